The fraction of sp³-hybridized carbons (Fsp3) is 0.500. The van der Waals surface area contributed by atoms with E-state index in [4.69, 9.17) is 14.6 Å². The first-order valence-electron chi connectivity index (χ1n) is 5.81. The second kappa shape index (κ2) is 7.55. The third-order valence-electron chi connectivity index (χ3n) is 2.66. The molecule has 0 saturated heterocycles. The Kier molecular flexibility index (Phi) is 6.04. The van der Waals surface area contributed by atoms with Gasteiger partial charge in [-0.3, -0.25) is 10.1 Å². The van der Waals surface area contributed by atoms with E-state index in [0.717, 1.165) is 0 Å². The summed E-state index contributed by atoms with van der Waals surface area (Å²) in [6.45, 7) is 1.05. The Balaban J connectivity index is 3.12. The molecule has 0 atom stereocenters. The number of benzene rings is 1. The number of hydrogen-bond donors (Lipinski definition) is 1. The standard InChI is InChI=1S/C12H18N2O5/c1-18-8-6-13(5-7-15)12-9-10(19-2)3-4-11(12)14(16)17/h3-4,9,15H,5-8H2,1-2H3. The smallest absolute Gasteiger partial charge is 0.292 e. The Labute approximate surface area is 111 Å². The van der Waals surface area contributed by atoms with Gasteiger partial charge >= 0.3 is 0 Å². The van der Waals surface area contributed by atoms with E-state index in [0.29, 0.717) is 24.6 Å². The number of aliphatic hydroxyl groups excluding tert-OH is 1. The summed E-state index contributed by atoms with van der Waals surface area (Å²) >= 11 is 0. The molecule has 0 heterocycles. The Morgan fingerprint density at radius 1 is 1.37 bits per heavy atom. The van der Waals surface area contributed by atoms with Crippen molar-refractivity contribution in [3.63, 3.8) is 0 Å². The van der Waals surface area contributed by atoms with Gasteiger partial charge in [0.05, 0.1) is 25.2 Å². The molecule has 1 aromatic rings. The first-order valence-corrected chi connectivity index (χ1v) is 5.81. The lowest BCUT2D eigenvalue weighted by Gasteiger charge is -2.23. The maximum Gasteiger partial charge on any atom is 0.292 e. The van der Waals surface area contributed by atoms with Crippen LogP contribution in [0.25, 0.3) is 0 Å². The number of nitrogens with zero attached hydrogens (tertiary/aromatic N) is 2. The fourth-order valence-electron chi connectivity index (χ4n) is 1.71. The molecule has 0 bridgehead atoms. The zero-order valence-corrected chi connectivity index (χ0v) is 11.0. The molecular weight excluding hydrogens is 252 g/mol. The maximum absolute atomic E-state index is 11.0. The lowest BCUT2D eigenvalue weighted by atomic mass is 10.2. The lowest BCUT2D eigenvalue weighted by Crippen LogP contribution is -2.30. The third kappa shape index (κ3) is 4.08. The number of rotatable bonds is 8. The molecule has 19 heavy (non-hydrogen) atoms. The molecule has 106 valence electrons. The Morgan fingerprint density at radius 3 is 2.63 bits per heavy atom. The summed E-state index contributed by atoms with van der Waals surface area (Å²) in [5, 5.41) is 20.1. The average molecular weight is 270 g/mol. The molecule has 0 aromatic heterocycles. The van der Waals surface area contributed by atoms with Crippen molar-refractivity contribution in [2.45, 2.75) is 0 Å². The first-order chi connectivity index (χ1) is 9.13. The quantitative estimate of drug-likeness (QED) is 0.561. The molecule has 1 rings (SSSR count). The number of anilines is 1. The second-order valence-corrected chi connectivity index (χ2v) is 3.82. The minimum Gasteiger partial charge on any atom is -0.497 e. The molecule has 0 fully saturated rings. The van der Waals surface area contributed by atoms with Crippen LogP contribution in [0, 0.1) is 10.1 Å². The van der Waals surface area contributed by atoms with E-state index in [1.54, 1.807) is 18.1 Å². The topological polar surface area (TPSA) is 85.1 Å². The molecule has 1 aromatic carbocycles. The van der Waals surface area contributed by atoms with Gasteiger partial charge in [-0.05, 0) is 6.07 Å². The number of aliphatic hydroxyl groups is 1. The van der Waals surface area contributed by atoms with Crippen molar-refractivity contribution in [1.82, 2.24) is 0 Å². The summed E-state index contributed by atoms with van der Waals surface area (Å²) in [6.07, 6.45) is 0. The van der Waals surface area contributed by atoms with Crippen LogP contribution in [-0.2, 0) is 4.74 Å². The molecule has 0 radical (unpaired) electrons. The van der Waals surface area contributed by atoms with Crippen molar-refractivity contribution < 1.29 is 19.5 Å². The molecule has 0 aliphatic rings. The van der Waals surface area contributed by atoms with Gasteiger partial charge in [-0.25, -0.2) is 0 Å². The van der Waals surface area contributed by atoms with E-state index in [1.807, 2.05) is 0 Å². The van der Waals surface area contributed by atoms with Crippen LogP contribution < -0.4 is 9.64 Å². The molecule has 0 amide bonds. The van der Waals surface area contributed by atoms with Gasteiger partial charge in [0, 0.05) is 32.3 Å². The van der Waals surface area contributed by atoms with E-state index in [1.165, 1.54) is 19.2 Å². The highest BCUT2D eigenvalue weighted by molar-refractivity contribution is 5.65. The van der Waals surface area contributed by atoms with Crippen molar-refractivity contribution in [2.24, 2.45) is 0 Å². The van der Waals surface area contributed by atoms with Crippen LogP contribution in [0.2, 0.25) is 0 Å². The largest absolute Gasteiger partial charge is 0.497 e. The van der Waals surface area contributed by atoms with Gasteiger partial charge in [0.25, 0.3) is 5.69 Å². The van der Waals surface area contributed by atoms with Crippen LogP contribution in [0.3, 0.4) is 0 Å². The molecule has 0 aliphatic heterocycles. The van der Waals surface area contributed by atoms with Crippen LogP contribution in [0.15, 0.2) is 18.2 Å². The van der Waals surface area contributed by atoms with Crippen LogP contribution in [0.1, 0.15) is 0 Å². The van der Waals surface area contributed by atoms with E-state index in [-0.39, 0.29) is 18.8 Å². The predicted molar refractivity (Wildman–Crippen MR) is 70.8 cm³/mol. The van der Waals surface area contributed by atoms with Crippen molar-refractivity contribution in [3.8, 4) is 5.75 Å². The highest BCUT2D eigenvalue weighted by Gasteiger charge is 2.20. The van der Waals surface area contributed by atoms with E-state index >= 15 is 0 Å². The highest BCUT2D eigenvalue weighted by atomic mass is 16.6. The van der Waals surface area contributed by atoms with Gasteiger partial charge in [-0.15, -0.1) is 0 Å². The fourth-order valence-corrected chi connectivity index (χ4v) is 1.71. The molecule has 0 unspecified atom stereocenters. The van der Waals surface area contributed by atoms with E-state index < -0.39 is 4.92 Å². The Bertz CT molecular complexity index is 425. The molecule has 0 aliphatic carbocycles. The molecular formula is C12H18N2O5. The summed E-state index contributed by atoms with van der Waals surface area (Å²) in [4.78, 5) is 12.3. The monoisotopic (exact) mass is 270 g/mol. The van der Waals surface area contributed by atoms with Gasteiger partial charge in [-0.2, -0.15) is 0 Å². The zero-order chi connectivity index (χ0) is 14.3. The summed E-state index contributed by atoms with van der Waals surface area (Å²) in [7, 11) is 3.05. The van der Waals surface area contributed by atoms with Crippen molar-refractivity contribution in [3.05, 3.63) is 28.3 Å². The normalized spacial score (nSPS) is 10.3. The minimum atomic E-state index is -0.452. The summed E-state index contributed by atoms with van der Waals surface area (Å²) in [6, 6.07) is 4.52. The van der Waals surface area contributed by atoms with E-state index in [9.17, 15) is 10.1 Å². The number of nitro groups is 1. The van der Waals surface area contributed by atoms with Gasteiger partial charge in [0.15, 0.2) is 0 Å². The van der Waals surface area contributed by atoms with E-state index in [2.05, 4.69) is 0 Å². The van der Waals surface area contributed by atoms with Crippen molar-refractivity contribution in [1.29, 1.82) is 0 Å². The van der Waals surface area contributed by atoms with Crippen LogP contribution in [-0.4, -0.2) is 50.6 Å². The first kappa shape index (κ1) is 15.2. The number of methoxy groups -OCH3 is 2. The SMILES string of the molecule is COCCN(CCO)c1cc(OC)ccc1[N+](=O)[O-]. The molecule has 0 saturated carbocycles. The summed E-state index contributed by atoms with van der Waals surface area (Å²) < 4.78 is 10.1. The third-order valence-corrected chi connectivity index (χ3v) is 2.66. The minimum absolute atomic E-state index is 0.0228. The predicted octanol–water partition coefficient (Wildman–Crippen LogP) is 1.05. The number of nitro benzene ring substituents is 1. The highest BCUT2D eigenvalue weighted by Crippen LogP contribution is 2.31. The Morgan fingerprint density at radius 2 is 2.11 bits per heavy atom. The zero-order valence-electron chi connectivity index (χ0n) is 11.0. The Hall–Kier alpha value is -1.86. The van der Waals surface area contributed by atoms with Crippen LogP contribution in [0.5, 0.6) is 5.75 Å². The summed E-state index contributed by atoms with van der Waals surface area (Å²) in [5.41, 5.74) is 0.390. The number of hydrogen-bond acceptors (Lipinski definition) is 6. The van der Waals surface area contributed by atoms with Gasteiger partial charge in [-0.1, -0.05) is 0 Å². The second-order valence-electron chi connectivity index (χ2n) is 3.82. The molecule has 7 heteroatoms. The van der Waals surface area contributed by atoms with Crippen LogP contribution in [0.4, 0.5) is 11.4 Å². The maximum atomic E-state index is 11.0. The van der Waals surface area contributed by atoms with Gasteiger partial charge in [0.2, 0.25) is 0 Å². The van der Waals surface area contributed by atoms with Crippen molar-refractivity contribution >= 4 is 11.4 Å². The number of ether oxygens (including phenoxy) is 2. The van der Waals surface area contributed by atoms with Crippen LogP contribution >= 0.6 is 0 Å². The average Bonchev–Trinajstić information content (AvgIpc) is 2.42. The molecule has 1 N–H and O–H groups in total. The van der Waals surface area contributed by atoms with Gasteiger partial charge < -0.3 is 19.5 Å². The summed E-state index contributed by atoms with van der Waals surface area (Å²) in [5.74, 6) is 0.529. The van der Waals surface area contributed by atoms with Crippen molar-refractivity contribution in [2.75, 3.05) is 45.4 Å². The molecule has 0 spiro atoms. The lowest BCUT2D eigenvalue weighted by molar-refractivity contribution is -0.384. The van der Waals surface area contributed by atoms with Gasteiger partial charge in [0.1, 0.15) is 11.4 Å². The molecule has 7 nitrogen and oxygen atoms in total.